The Morgan fingerprint density at radius 1 is 1.00 bits per heavy atom. The molecule has 0 radical (unpaired) electrons. The Hall–Kier alpha value is -1.99. The van der Waals surface area contributed by atoms with Crippen LogP contribution in [0.3, 0.4) is 0 Å². The summed E-state index contributed by atoms with van der Waals surface area (Å²) in [5.74, 6) is -0.238. The van der Waals surface area contributed by atoms with Gasteiger partial charge in [0.15, 0.2) is 0 Å². The number of amides is 3. The first-order chi connectivity index (χ1) is 17.9. The Kier molecular flexibility index (Phi) is 14.8. The van der Waals surface area contributed by atoms with Gasteiger partial charge in [0, 0.05) is 57.5 Å². The molecule has 3 amide bonds. The van der Waals surface area contributed by atoms with Crippen molar-refractivity contribution in [1.82, 2.24) is 9.88 Å². The van der Waals surface area contributed by atoms with E-state index < -0.39 is 23.5 Å². The molecule has 10 nitrogen and oxygen atoms in total. The van der Waals surface area contributed by atoms with Gasteiger partial charge in [-0.1, -0.05) is 16.9 Å². The Bertz CT molecular complexity index is 848. The van der Waals surface area contributed by atoms with Crippen molar-refractivity contribution in [2.45, 2.75) is 63.0 Å². The molecule has 1 saturated heterocycles. The molecule has 206 valence electrons. The van der Waals surface area contributed by atoms with E-state index in [1.807, 2.05) is 32.0 Å². The van der Waals surface area contributed by atoms with Gasteiger partial charge in [0.1, 0.15) is 23.0 Å². The molecule has 1 aromatic heterocycles. The van der Waals surface area contributed by atoms with Crippen LogP contribution in [0.25, 0.3) is 0 Å². The van der Waals surface area contributed by atoms with Crippen LogP contribution in [0.1, 0.15) is 52.4 Å². The summed E-state index contributed by atoms with van der Waals surface area (Å²) >= 11 is 0. The number of carbonyl (C=O) groups excluding carboxylic acids is 4. The highest BCUT2D eigenvalue weighted by Crippen LogP contribution is 2.29. The third-order valence-corrected chi connectivity index (χ3v) is 7.60. The maximum Gasteiger partial charge on any atom is 0.423 e. The number of imide groups is 3. The van der Waals surface area contributed by atoms with Crippen LogP contribution in [0, 0.1) is 0 Å². The van der Waals surface area contributed by atoms with Crippen molar-refractivity contribution in [3.63, 3.8) is 0 Å². The van der Waals surface area contributed by atoms with Gasteiger partial charge in [0.05, 0.1) is 13.2 Å². The van der Waals surface area contributed by atoms with Crippen LogP contribution in [0.4, 0.5) is 4.79 Å². The lowest BCUT2D eigenvalue weighted by Crippen LogP contribution is -2.49. The first kappa shape index (κ1) is 31.2. The van der Waals surface area contributed by atoms with Crippen molar-refractivity contribution < 1.29 is 38.1 Å². The van der Waals surface area contributed by atoms with Crippen LogP contribution >= 0.6 is 21.6 Å². The zero-order chi connectivity index (χ0) is 26.9. The number of ether oxygens (including phenoxy) is 4. The van der Waals surface area contributed by atoms with Crippen LogP contribution in [0.5, 0.6) is 0 Å². The Morgan fingerprint density at radius 2 is 1.70 bits per heavy atom. The second-order valence-electron chi connectivity index (χ2n) is 8.30. The molecule has 1 fully saturated rings. The SMILES string of the molecule is CCOCC(COCC)(COC(=O)N1C(=O)CCC1=O)OCCCCC(=O)CCSSc1ccccn1. The van der Waals surface area contributed by atoms with Gasteiger partial charge in [-0.25, -0.2) is 9.78 Å². The number of pyridine rings is 1. The van der Waals surface area contributed by atoms with E-state index in [1.54, 1.807) is 27.8 Å². The predicted octanol–water partition coefficient (Wildman–Crippen LogP) is 4.07. The summed E-state index contributed by atoms with van der Waals surface area (Å²) in [4.78, 5) is 53.0. The molecule has 0 spiro atoms. The van der Waals surface area contributed by atoms with E-state index in [4.69, 9.17) is 18.9 Å². The van der Waals surface area contributed by atoms with Crippen LogP contribution in [0.2, 0.25) is 0 Å². The first-order valence-corrected chi connectivity index (χ1v) is 14.8. The minimum Gasteiger partial charge on any atom is -0.446 e. The number of ketones is 1. The Labute approximate surface area is 225 Å². The number of carbonyl (C=O) groups is 4. The summed E-state index contributed by atoms with van der Waals surface area (Å²) < 4.78 is 22.5. The topological polar surface area (TPSA) is 121 Å². The highest BCUT2D eigenvalue weighted by atomic mass is 33.1. The Morgan fingerprint density at radius 3 is 2.32 bits per heavy atom. The lowest BCUT2D eigenvalue weighted by Gasteiger charge is -2.33. The van der Waals surface area contributed by atoms with Gasteiger partial charge in [0.25, 0.3) is 0 Å². The molecular formula is C25H36N2O8S2. The fourth-order valence-corrected chi connectivity index (χ4v) is 5.27. The van der Waals surface area contributed by atoms with Crippen LogP contribution in [0.15, 0.2) is 29.4 Å². The minimum absolute atomic E-state index is 0.00600. The van der Waals surface area contributed by atoms with Crippen molar-refractivity contribution >= 4 is 45.3 Å². The second-order valence-corrected chi connectivity index (χ2v) is 10.7. The van der Waals surface area contributed by atoms with E-state index >= 15 is 0 Å². The third kappa shape index (κ3) is 11.5. The monoisotopic (exact) mass is 556 g/mol. The molecule has 0 bridgehead atoms. The maximum atomic E-state index is 12.4. The Balaban J connectivity index is 1.76. The fourth-order valence-electron chi connectivity index (χ4n) is 3.36. The number of rotatable bonds is 19. The maximum absolute atomic E-state index is 12.4. The van der Waals surface area contributed by atoms with E-state index in [1.165, 1.54) is 0 Å². The molecular weight excluding hydrogens is 520 g/mol. The number of nitrogens with zero attached hydrogens (tertiary/aromatic N) is 2. The number of unbranched alkanes of at least 4 members (excludes halogenated alkanes) is 1. The number of hydrogen-bond donors (Lipinski definition) is 0. The quantitative estimate of drug-likeness (QED) is 0.139. The molecule has 0 unspecified atom stereocenters. The van der Waals surface area contributed by atoms with Crippen molar-refractivity contribution in [2.24, 2.45) is 0 Å². The van der Waals surface area contributed by atoms with Gasteiger partial charge >= 0.3 is 6.09 Å². The van der Waals surface area contributed by atoms with E-state index in [0.717, 1.165) is 10.8 Å². The number of hydrogen-bond acceptors (Lipinski definition) is 11. The molecule has 0 N–H and O–H groups in total. The van der Waals surface area contributed by atoms with Crippen molar-refractivity contribution in [3.05, 3.63) is 24.4 Å². The van der Waals surface area contributed by atoms with Gasteiger partial charge in [-0.15, -0.1) is 0 Å². The van der Waals surface area contributed by atoms with Crippen LogP contribution in [-0.4, -0.2) is 84.6 Å². The third-order valence-electron chi connectivity index (χ3n) is 5.34. The molecule has 2 heterocycles. The van der Waals surface area contributed by atoms with E-state index in [0.29, 0.717) is 50.4 Å². The molecule has 0 saturated carbocycles. The molecule has 1 aromatic rings. The summed E-state index contributed by atoms with van der Waals surface area (Å²) in [5.41, 5.74) is -1.10. The van der Waals surface area contributed by atoms with Gasteiger partial charge in [-0.05, 0) is 49.6 Å². The van der Waals surface area contributed by atoms with Crippen LogP contribution in [-0.2, 0) is 33.3 Å². The molecule has 1 aliphatic heterocycles. The molecule has 0 atom stereocenters. The molecule has 2 rings (SSSR count). The van der Waals surface area contributed by atoms with E-state index in [9.17, 15) is 19.2 Å². The molecule has 12 heteroatoms. The van der Waals surface area contributed by atoms with E-state index in [2.05, 4.69) is 4.98 Å². The zero-order valence-corrected chi connectivity index (χ0v) is 23.1. The minimum atomic E-state index is -1.10. The summed E-state index contributed by atoms with van der Waals surface area (Å²) in [6.45, 7) is 4.75. The highest BCUT2D eigenvalue weighted by Gasteiger charge is 2.39. The first-order valence-electron chi connectivity index (χ1n) is 12.4. The molecule has 1 aliphatic rings. The van der Waals surface area contributed by atoms with Gasteiger partial charge in [-0.3, -0.25) is 14.4 Å². The van der Waals surface area contributed by atoms with Crippen LogP contribution < -0.4 is 0 Å². The zero-order valence-electron chi connectivity index (χ0n) is 21.5. The van der Waals surface area contributed by atoms with Gasteiger partial charge in [-0.2, -0.15) is 4.90 Å². The lowest BCUT2D eigenvalue weighted by molar-refractivity contribution is -0.159. The largest absolute Gasteiger partial charge is 0.446 e. The van der Waals surface area contributed by atoms with Crippen molar-refractivity contribution in [3.8, 4) is 0 Å². The molecule has 37 heavy (non-hydrogen) atoms. The average Bonchev–Trinajstić information content (AvgIpc) is 3.25. The summed E-state index contributed by atoms with van der Waals surface area (Å²) in [6.07, 6.45) is 2.95. The van der Waals surface area contributed by atoms with Crippen molar-refractivity contribution in [2.75, 3.05) is 45.4 Å². The second kappa shape index (κ2) is 17.5. The average molecular weight is 557 g/mol. The van der Waals surface area contributed by atoms with E-state index in [-0.39, 0.29) is 38.4 Å². The summed E-state index contributed by atoms with van der Waals surface area (Å²) in [6, 6.07) is 5.73. The van der Waals surface area contributed by atoms with Gasteiger partial charge in [0.2, 0.25) is 11.8 Å². The summed E-state index contributed by atoms with van der Waals surface area (Å²) in [5, 5.41) is 0.920. The normalized spacial score (nSPS) is 13.8. The van der Waals surface area contributed by atoms with Gasteiger partial charge < -0.3 is 18.9 Å². The number of aromatic nitrogens is 1. The number of likely N-dealkylation sites (tertiary alicyclic amines) is 1. The highest BCUT2D eigenvalue weighted by molar-refractivity contribution is 8.76. The molecule has 0 aliphatic carbocycles. The smallest absolute Gasteiger partial charge is 0.423 e. The predicted molar refractivity (Wildman–Crippen MR) is 140 cm³/mol. The number of Topliss-reactive ketones (excluding diaryl/α,β-unsaturated/α-hetero) is 1. The van der Waals surface area contributed by atoms with Crippen molar-refractivity contribution in [1.29, 1.82) is 0 Å². The molecule has 0 aromatic carbocycles. The lowest BCUT2D eigenvalue weighted by atomic mass is 10.1. The standard InChI is InChI=1S/C25H36N2O8S2/c1-3-32-17-25(18-33-4-2,19-34-24(31)27-22(29)11-12-23(27)30)35-15-8-6-9-20(28)13-16-36-37-21-10-5-7-14-26-21/h5,7,10,14H,3-4,6,8-9,11-13,15-19H2,1-2H3. The fraction of sp³-hybridized carbons (Fsp3) is 0.640. The summed E-state index contributed by atoms with van der Waals surface area (Å²) in [7, 11) is 3.17.